The van der Waals surface area contributed by atoms with Gasteiger partial charge in [0.15, 0.2) is 41.9 Å². The lowest BCUT2D eigenvalue weighted by Gasteiger charge is -2.30. The van der Waals surface area contributed by atoms with Crippen molar-refractivity contribution in [3.63, 3.8) is 0 Å². The molecule has 9 rings (SSSR count). The number of carbonyl (C=O) groups excluding carboxylic acids is 1. The molecule has 3 saturated heterocycles. The molecule has 0 radical (unpaired) electrons. The summed E-state index contributed by atoms with van der Waals surface area (Å²) < 4.78 is 112. The third-order valence-corrected chi connectivity index (χ3v) is 15.4. The van der Waals surface area contributed by atoms with Gasteiger partial charge < -0.3 is 39.5 Å². The molecule has 3 aliphatic heterocycles. The molecule has 0 bridgehead atoms. The summed E-state index contributed by atoms with van der Waals surface area (Å²) in [6.45, 7) is -3.23. The van der Waals surface area contributed by atoms with Gasteiger partial charge in [0.05, 0.1) is 43.7 Å². The maximum Gasteiger partial charge on any atom is 0.389 e. The van der Waals surface area contributed by atoms with Gasteiger partial charge in [-0.2, -0.15) is 0 Å². The summed E-state index contributed by atoms with van der Waals surface area (Å²) in [5.74, 6) is 0.299. The fourth-order valence-corrected chi connectivity index (χ4v) is 11.9. The van der Waals surface area contributed by atoms with Crippen molar-refractivity contribution in [2.24, 2.45) is 0 Å². The fourth-order valence-electron chi connectivity index (χ4n) is 7.30. The van der Waals surface area contributed by atoms with Crippen molar-refractivity contribution in [3.8, 4) is 11.5 Å². The summed E-state index contributed by atoms with van der Waals surface area (Å²) in [6.07, 6.45) is -7.04. The van der Waals surface area contributed by atoms with Crippen molar-refractivity contribution >= 4 is 73.0 Å². The van der Waals surface area contributed by atoms with E-state index in [9.17, 15) is 13.9 Å². The molecule has 0 saturated carbocycles. The molecule has 64 heavy (non-hydrogen) atoms. The maximum absolute atomic E-state index is 16.9. The van der Waals surface area contributed by atoms with Gasteiger partial charge in [0.1, 0.15) is 53.3 Å². The highest BCUT2D eigenvalue weighted by Gasteiger charge is 2.54. The van der Waals surface area contributed by atoms with Crippen LogP contribution in [-0.4, -0.2) is 104 Å². The van der Waals surface area contributed by atoms with Crippen LogP contribution in [0.4, 0.5) is 20.3 Å². The number of esters is 1. The van der Waals surface area contributed by atoms with E-state index in [1.54, 1.807) is 48.5 Å². The number of ether oxygens (including phenoxy) is 4. The molecule has 2 aromatic carbocycles. The Bertz CT molecular complexity index is 2760. The van der Waals surface area contributed by atoms with E-state index < -0.39 is 82.7 Å². The van der Waals surface area contributed by atoms with Gasteiger partial charge in [-0.05, 0) is 65.8 Å². The zero-order chi connectivity index (χ0) is 44.8. The molecular weight excluding hydrogens is 901 g/mol. The van der Waals surface area contributed by atoms with E-state index in [4.69, 9.17) is 48.5 Å². The first-order valence-electron chi connectivity index (χ1n) is 19.9. The number of carbonyl (C=O) groups is 1. The molecule has 3 fully saturated rings. The van der Waals surface area contributed by atoms with Crippen LogP contribution < -0.4 is 20.9 Å². The summed E-state index contributed by atoms with van der Waals surface area (Å²) in [5, 5.41) is 0. The van der Waals surface area contributed by atoms with Gasteiger partial charge in [0.2, 0.25) is 0 Å². The molecule has 3 aliphatic rings. The normalized spacial score (nSPS) is 29.7. The number of alkyl halides is 2. The van der Waals surface area contributed by atoms with Crippen LogP contribution >= 0.6 is 25.7 Å². The van der Waals surface area contributed by atoms with E-state index in [-0.39, 0.29) is 45.3 Å². The maximum atomic E-state index is 16.9. The molecule has 0 unspecified atom stereocenters. The summed E-state index contributed by atoms with van der Waals surface area (Å²) in [6, 6.07) is 14.5. The average Bonchev–Trinajstić information content (AvgIpc) is 4.06. The first-order valence-corrected chi connectivity index (χ1v) is 25.0. The van der Waals surface area contributed by atoms with Crippen LogP contribution in [0.1, 0.15) is 41.7 Å². The molecule has 4 aromatic heterocycles. The number of hydrogen-bond donors (Lipinski definition) is 2. The molecular formula is C38H40BF2N9O11P2S. The van der Waals surface area contributed by atoms with Crippen LogP contribution in [0.25, 0.3) is 22.3 Å². The van der Waals surface area contributed by atoms with E-state index in [0.717, 1.165) is 14.0 Å². The molecule has 4 N–H and O–H groups in total. The summed E-state index contributed by atoms with van der Waals surface area (Å²) in [4.78, 5) is 33.7. The second-order valence-corrected chi connectivity index (χ2v) is 21.0. The summed E-state index contributed by atoms with van der Waals surface area (Å²) in [7, 11) is -3.06. The Morgan fingerprint density at radius 1 is 0.828 bits per heavy atom. The number of imidazole rings is 2. The first kappa shape index (κ1) is 44.2. The Labute approximate surface area is 367 Å². The second-order valence-electron chi connectivity index (χ2n) is 15.0. The lowest BCUT2D eigenvalue weighted by molar-refractivity contribution is -0.0546. The van der Waals surface area contributed by atoms with Crippen LogP contribution in [0.15, 0.2) is 79.8 Å². The summed E-state index contributed by atoms with van der Waals surface area (Å²) in [5.41, 5.74) is 14.0. The number of rotatable bonds is 10. The highest BCUT2D eigenvalue weighted by molar-refractivity contribution is 8.54. The molecule has 10 atom stereocenters. The van der Waals surface area contributed by atoms with E-state index in [1.165, 1.54) is 40.4 Å². The van der Waals surface area contributed by atoms with Crippen molar-refractivity contribution in [2.75, 3.05) is 31.3 Å². The Morgan fingerprint density at radius 2 is 1.45 bits per heavy atom. The number of nitrogens with zero attached hydrogens (tertiary/aromatic N) is 7. The Balaban J connectivity index is 0.975. The van der Waals surface area contributed by atoms with Gasteiger partial charge in [-0.25, -0.2) is 43.1 Å². The number of halogens is 2. The van der Waals surface area contributed by atoms with Gasteiger partial charge in [-0.15, -0.1) is 0 Å². The third kappa shape index (κ3) is 8.98. The predicted molar refractivity (Wildman–Crippen MR) is 230 cm³/mol. The predicted octanol–water partition coefficient (Wildman–Crippen LogP) is 5.51. The monoisotopic (exact) mass is 941 g/mol. The van der Waals surface area contributed by atoms with Crippen molar-refractivity contribution in [2.45, 2.75) is 68.3 Å². The van der Waals surface area contributed by atoms with Gasteiger partial charge in [0.25, 0.3) is 15.0 Å². The van der Waals surface area contributed by atoms with Gasteiger partial charge in [-0.1, -0.05) is 19.1 Å². The van der Waals surface area contributed by atoms with Crippen molar-refractivity contribution in [1.29, 1.82) is 0 Å². The van der Waals surface area contributed by atoms with E-state index in [0.29, 0.717) is 34.9 Å². The Hall–Kier alpha value is -5.03. The fraction of sp³-hybridized carbons (Fsp3) is 0.368. The lowest BCUT2D eigenvalue weighted by atomic mass is 10.1. The molecule has 7 heterocycles. The quantitative estimate of drug-likeness (QED) is 0.0743. The van der Waals surface area contributed by atoms with Crippen molar-refractivity contribution < 1.29 is 59.7 Å². The number of pyridine rings is 1. The number of anilines is 2. The zero-order valence-corrected chi connectivity index (χ0v) is 36.6. The van der Waals surface area contributed by atoms with E-state index in [2.05, 4.69) is 24.9 Å². The van der Waals surface area contributed by atoms with Crippen LogP contribution in [0, 0.1) is 0 Å². The van der Waals surface area contributed by atoms with Gasteiger partial charge in [-0.3, -0.25) is 22.7 Å². The average molecular weight is 942 g/mol. The Morgan fingerprint density at radius 3 is 2.14 bits per heavy atom. The number of hydrogen-bond acceptors (Lipinski definition) is 19. The largest absolute Gasteiger partial charge is 0.494 e. The van der Waals surface area contributed by atoms with E-state index in [1.807, 2.05) is 6.92 Å². The molecule has 20 nitrogen and oxygen atoms in total. The standard InChI is InChI=1S/C38H40BF2N9O11P2S/c1-2-13-54-22-9-5-21(6-10-22)38(51)57-23-7-3-20(4-8-23)16-64-63(53)56-15-26-31(27(40)36(59-26)50-19-48-30-33(43)45-17-46-35(30)50)60-62(39,52)55-14-25-32(61-63)28(41)37(58-25)49-18-47-29-24(42)11-12-44-34(29)49/h3-12,17-19,25-28,31-32,36-37H,2,13-16,39H2,1H3,(H2,42,44)(H2,43,45,46)/t25-,26-,27-,28-,31-,32-,36-,37-,62+,63+/m1/s1. The van der Waals surface area contributed by atoms with Crippen LogP contribution in [0.2, 0.25) is 0 Å². The smallest absolute Gasteiger partial charge is 0.389 e. The van der Waals surface area contributed by atoms with Gasteiger partial charge >= 0.3 is 12.8 Å². The van der Waals surface area contributed by atoms with Gasteiger partial charge in [0, 0.05) is 11.9 Å². The third-order valence-electron chi connectivity index (χ3n) is 10.5. The highest BCUT2D eigenvalue weighted by Crippen LogP contribution is 2.65. The molecule has 26 heteroatoms. The molecule has 0 spiro atoms. The number of nitrogens with two attached hydrogens (primary N) is 2. The van der Waals surface area contributed by atoms with Crippen molar-refractivity contribution in [1.82, 2.24) is 34.1 Å². The number of benzene rings is 2. The highest BCUT2D eigenvalue weighted by atomic mass is 32.7. The van der Waals surface area contributed by atoms with Crippen LogP contribution in [0.3, 0.4) is 0 Å². The van der Waals surface area contributed by atoms with Crippen molar-refractivity contribution in [3.05, 3.63) is 90.9 Å². The van der Waals surface area contributed by atoms with Crippen LogP contribution in [-0.2, 0) is 42.5 Å². The number of fused-ring (bicyclic) bond motifs is 4. The topological polar surface area (TPSA) is 251 Å². The zero-order valence-electron chi connectivity index (χ0n) is 34.0. The minimum absolute atomic E-state index is 0.0265. The minimum atomic E-state index is -4.51. The first-order chi connectivity index (χ1) is 30.8. The van der Waals surface area contributed by atoms with E-state index >= 15 is 8.78 Å². The Kier molecular flexibility index (Phi) is 12.5. The molecule has 0 amide bonds. The molecule has 6 aromatic rings. The minimum Gasteiger partial charge on any atom is -0.494 e. The molecule has 0 aliphatic carbocycles. The second kappa shape index (κ2) is 18.1. The summed E-state index contributed by atoms with van der Waals surface area (Å²) >= 11 is 0.707. The molecule has 336 valence electrons. The number of nitrogen functional groups attached to an aromatic ring is 2. The lowest BCUT2D eigenvalue weighted by Crippen LogP contribution is -2.37. The van der Waals surface area contributed by atoms with Crippen LogP contribution in [0.5, 0.6) is 11.5 Å². The SMILES string of the molecule is B[P@]1(=O)OC[C@H]2O[C@@H](n3cnc4c(N)ccnc43)[C@H](F)[C@@H]2O[P@@](=O)(SCc2ccc(OC(=O)c3ccc(OCCC)cc3)cc2)OC[C@H]2O[C@@H](n3cnc4c(N)ncnc43)[C@H](F)[C@@H]2O1. The number of aromatic nitrogens is 7.